The first kappa shape index (κ1) is 47.9. The minimum absolute atomic E-state index is 0. The molecular weight excluding hydrogens is 1090 g/mol. The largest absolute Gasteiger partial charge is 2.00 e. The number of anilines is 3. The van der Waals surface area contributed by atoms with Gasteiger partial charge in [-0.25, -0.2) is 9.97 Å². The molecule has 0 saturated heterocycles. The van der Waals surface area contributed by atoms with E-state index >= 15 is 0 Å². The number of benzene rings is 9. The monoisotopic (exact) mass is 1150 g/mol. The minimum atomic E-state index is -0.443. The number of para-hydroxylation sites is 2. The van der Waals surface area contributed by atoms with Gasteiger partial charge in [-0.2, -0.15) is 0 Å². The summed E-state index contributed by atoms with van der Waals surface area (Å²) in [5, 5.41) is 2.25. The third kappa shape index (κ3) is 7.78. The van der Waals surface area contributed by atoms with Crippen molar-refractivity contribution < 1.29 is 21.1 Å². The molecule has 3 aromatic heterocycles. The number of aromatic nitrogens is 4. The average molecular weight is 1150 g/mol. The fraction of sp³-hybridized carbons (Fsp3) is 0.130. The predicted octanol–water partition coefficient (Wildman–Crippen LogP) is 17.2. The van der Waals surface area contributed by atoms with Gasteiger partial charge in [-0.05, 0) is 98.1 Å². The van der Waals surface area contributed by atoms with Crippen LogP contribution in [-0.2, 0) is 37.3 Å². The fourth-order valence-corrected chi connectivity index (χ4v) is 11.6. The topological polar surface area (TPSA) is 48.1 Å². The molecule has 0 amide bonds. The van der Waals surface area contributed by atoms with Crippen molar-refractivity contribution in [2.24, 2.45) is 0 Å². The van der Waals surface area contributed by atoms with Crippen LogP contribution in [0.3, 0.4) is 0 Å². The maximum Gasteiger partial charge on any atom is 2.00 e. The van der Waals surface area contributed by atoms with Crippen molar-refractivity contribution >= 4 is 50.0 Å². The van der Waals surface area contributed by atoms with Gasteiger partial charge in [0.2, 0.25) is 0 Å². The van der Waals surface area contributed by atoms with Gasteiger partial charge >= 0.3 is 21.1 Å². The molecule has 12 aromatic rings. The zero-order valence-electron chi connectivity index (χ0n) is 42.9. The third-order valence-electron chi connectivity index (χ3n) is 15.8. The molecule has 0 saturated carbocycles. The summed E-state index contributed by atoms with van der Waals surface area (Å²) in [7, 11) is 0. The summed E-state index contributed by atoms with van der Waals surface area (Å²) in [6, 6.07) is 82.7. The molecule has 1 atom stereocenters. The summed E-state index contributed by atoms with van der Waals surface area (Å²) in [4.78, 5) is 18.8. The maximum atomic E-state index is 5.85. The maximum absolute atomic E-state index is 5.85. The number of nitrogens with zero attached hydrogens (tertiary/aromatic N) is 5. The molecule has 0 N–H and O–H groups in total. The Labute approximate surface area is 453 Å². The molecule has 6 heteroatoms. The molecule has 9 aromatic carbocycles. The quantitative estimate of drug-likeness (QED) is 0.142. The van der Waals surface area contributed by atoms with E-state index in [0.29, 0.717) is 0 Å². The van der Waals surface area contributed by atoms with Crippen LogP contribution >= 0.6 is 0 Å². The first-order valence-corrected chi connectivity index (χ1v) is 25.7. The normalized spacial score (nSPS) is 14.5. The first-order chi connectivity index (χ1) is 36.0. The predicted molar refractivity (Wildman–Crippen MR) is 306 cm³/mol. The van der Waals surface area contributed by atoms with Crippen molar-refractivity contribution in [3.8, 4) is 39.3 Å². The number of hydrogen-bond acceptors (Lipinski definition) is 3. The van der Waals surface area contributed by atoms with E-state index in [-0.39, 0.29) is 31.9 Å². The van der Waals surface area contributed by atoms with Crippen LogP contribution in [0.1, 0.15) is 74.9 Å². The van der Waals surface area contributed by atoms with Gasteiger partial charge < -0.3 is 9.88 Å². The molecule has 0 bridgehead atoms. The fourth-order valence-electron chi connectivity index (χ4n) is 11.6. The molecule has 1 aliphatic heterocycles. The van der Waals surface area contributed by atoms with Gasteiger partial charge in [0, 0.05) is 33.8 Å². The Morgan fingerprint density at radius 1 is 0.560 bits per heavy atom. The van der Waals surface area contributed by atoms with Crippen molar-refractivity contribution in [2.75, 3.05) is 4.90 Å². The molecule has 0 aliphatic carbocycles. The van der Waals surface area contributed by atoms with Crippen LogP contribution in [0.4, 0.5) is 17.2 Å². The third-order valence-corrected chi connectivity index (χ3v) is 15.8. The minimum Gasteiger partial charge on any atom is -0.656 e. The number of imidazole rings is 1. The van der Waals surface area contributed by atoms with Crippen LogP contribution in [0.15, 0.2) is 225 Å². The Morgan fingerprint density at radius 3 is 1.99 bits per heavy atom. The molecular formula is C69H55N5Pt. The van der Waals surface area contributed by atoms with Crippen LogP contribution in [0, 0.1) is 6.07 Å². The first-order valence-electron chi connectivity index (χ1n) is 25.7. The molecule has 4 heterocycles. The Kier molecular flexibility index (Phi) is 11.7. The van der Waals surface area contributed by atoms with Gasteiger partial charge in [0.05, 0.1) is 16.7 Å². The Balaban J connectivity index is 0.00000569. The second-order valence-corrected chi connectivity index (χ2v) is 21.5. The smallest absolute Gasteiger partial charge is 0.656 e. The Morgan fingerprint density at radius 2 is 1.23 bits per heavy atom. The van der Waals surface area contributed by atoms with Gasteiger partial charge in [0.1, 0.15) is 11.6 Å². The van der Waals surface area contributed by atoms with Gasteiger partial charge in [-0.1, -0.05) is 210 Å². The molecule has 0 fully saturated rings. The van der Waals surface area contributed by atoms with Crippen LogP contribution in [0.25, 0.3) is 72.2 Å². The number of hydrogen-bond donors (Lipinski definition) is 0. The number of rotatable bonds is 8. The van der Waals surface area contributed by atoms with E-state index in [4.69, 9.17) is 15.0 Å². The molecule has 366 valence electrons. The summed E-state index contributed by atoms with van der Waals surface area (Å²) in [5.41, 5.74) is 18.4. The number of fused-ring (bicyclic) bond motifs is 6. The summed E-state index contributed by atoms with van der Waals surface area (Å²) < 4.78 is 2.37. The van der Waals surface area contributed by atoms with Crippen molar-refractivity contribution in [2.45, 2.75) is 57.8 Å². The molecule has 1 unspecified atom stereocenters. The van der Waals surface area contributed by atoms with E-state index in [0.717, 1.165) is 89.4 Å². The second-order valence-electron chi connectivity index (χ2n) is 21.5. The molecule has 5 nitrogen and oxygen atoms in total. The Bertz CT molecular complexity index is 4040. The zero-order valence-corrected chi connectivity index (χ0v) is 45.2. The van der Waals surface area contributed by atoms with Gasteiger partial charge in [0.25, 0.3) is 0 Å². The van der Waals surface area contributed by atoms with Gasteiger partial charge in [-0.15, -0.1) is 40.9 Å². The summed E-state index contributed by atoms with van der Waals surface area (Å²) >= 11 is 0. The van der Waals surface area contributed by atoms with Crippen LogP contribution < -0.4 is 9.88 Å². The van der Waals surface area contributed by atoms with Crippen molar-refractivity contribution in [1.29, 1.82) is 0 Å². The summed E-state index contributed by atoms with van der Waals surface area (Å²) in [6.45, 7) is 13.8. The van der Waals surface area contributed by atoms with Crippen molar-refractivity contribution in [3.05, 3.63) is 264 Å². The zero-order chi connectivity index (χ0) is 50.3. The van der Waals surface area contributed by atoms with E-state index in [1.54, 1.807) is 0 Å². The van der Waals surface area contributed by atoms with E-state index in [9.17, 15) is 0 Å². The van der Waals surface area contributed by atoms with E-state index in [1.807, 2.05) is 6.20 Å². The van der Waals surface area contributed by atoms with Crippen molar-refractivity contribution in [1.82, 2.24) is 19.5 Å². The SMILES string of the molecule is CC(C)(C)c1ccc(-n2c(-c3cccc4c3[n-]c3cccc(-c5ccccc5)c34)nc3c(-c4[c-]c(N5c6ccccc6C(C)(c6ccccc6)c6cccnc65)ccc4)cc(C(C)(C)c4ccccc4)cc32)cc1.[Pt+2]. The van der Waals surface area contributed by atoms with Crippen LogP contribution in [0.5, 0.6) is 0 Å². The van der Waals surface area contributed by atoms with Crippen LogP contribution in [0.2, 0.25) is 0 Å². The molecule has 1 aliphatic rings. The summed E-state index contributed by atoms with van der Waals surface area (Å²) in [5.74, 6) is 1.71. The van der Waals surface area contributed by atoms with Crippen LogP contribution in [-0.4, -0.2) is 14.5 Å². The molecule has 13 rings (SSSR count). The van der Waals surface area contributed by atoms with E-state index in [2.05, 4.69) is 275 Å². The molecule has 0 radical (unpaired) electrons. The summed E-state index contributed by atoms with van der Waals surface area (Å²) in [6.07, 6.45) is 1.91. The van der Waals surface area contributed by atoms with E-state index in [1.165, 1.54) is 33.4 Å². The second kappa shape index (κ2) is 18.4. The standard InChI is InChI=1S/C69H55N5.Pt/c1-67(2,3)47-37-39-51(40-38-47)73-61-44-50(68(4,5)48-25-12-8-13-26-48)43-56(64(61)72-65(73)55-32-19-31-54-62-53(45-22-10-7-11-23-45)30-20-35-59(62)71-63(54)55)46-24-18-29-52(42-46)74-60-36-17-16-33-57(60)69(6,49-27-14-9-15-28-49)58-34-21-41-70-66(58)74;/h7-41,43-44H,1-6H3;/q-2;+2. The Hall–Kier alpha value is -8.11. The van der Waals surface area contributed by atoms with Gasteiger partial charge in [-0.3, -0.25) is 4.57 Å². The molecule has 75 heavy (non-hydrogen) atoms. The molecule has 0 spiro atoms. The van der Waals surface area contributed by atoms with E-state index < -0.39 is 5.41 Å². The number of pyridine rings is 1. The van der Waals surface area contributed by atoms with Crippen molar-refractivity contribution in [3.63, 3.8) is 0 Å². The van der Waals surface area contributed by atoms with Gasteiger partial charge in [0.15, 0.2) is 0 Å². The average Bonchev–Trinajstić information content (AvgIpc) is 4.03.